The zero-order valence-corrected chi connectivity index (χ0v) is 9.44. The van der Waals surface area contributed by atoms with E-state index in [1.54, 1.807) is 0 Å². The highest BCUT2D eigenvalue weighted by Crippen LogP contribution is 2.23. The molecule has 1 atom stereocenters. The second-order valence-electron chi connectivity index (χ2n) is 4.08. The highest BCUT2D eigenvalue weighted by molar-refractivity contribution is 5.82. The molecule has 0 aromatic heterocycles. The molecule has 4 N–H and O–H groups in total. The first-order chi connectivity index (χ1) is 7.17. The van der Waals surface area contributed by atoms with Gasteiger partial charge in [0.05, 0.1) is 6.10 Å². The summed E-state index contributed by atoms with van der Waals surface area (Å²) in [5, 5.41) is 14.8. The molecule has 0 aliphatic heterocycles. The Bertz CT molecular complexity index is 215. The van der Waals surface area contributed by atoms with E-state index in [2.05, 4.69) is 10.5 Å². The number of hydrogen-bond acceptors (Lipinski definition) is 4. The summed E-state index contributed by atoms with van der Waals surface area (Å²) >= 11 is 0. The Labute approximate surface area is 90.7 Å². The summed E-state index contributed by atoms with van der Waals surface area (Å²) in [6.07, 6.45) is 2.56. The maximum absolute atomic E-state index is 8.47. The number of oxime groups is 1. The summed E-state index contributed by atoms with van der Waals surface area (Å²) in [4.78, 5) is 0. The lowest BCUT2D eigenvalue weighted by atomic mass is 9.89. The van der Waals surface area contributed by atoms with Gasteiger partial charge in [-0.3, -0.25) is 0 Å². The van der Waals surface area contributed by atoms with Gasteiger partial charge in [0.15, 0.2) is 0 Å². The summed E-state index contributed by atoms with van der Waals surface area (Å²) in [5.41, 5.74) is 5.47. The monoisotopic (exact) mass is 215 g/mol. The standard InChI is InChI=1S/C10H21N3O2/c1-3-15-9-4-8(5-9)12-6-7(2)10(11)13-14/h7-9,12,14H,3-6H2,1-2H3,(H2,11,13). The fourth-order valence-corrected chi connectivity index (χ4v) is 1.65. The summed E-state index contributed by atoms with van der Waals surface area (Å²) in [6, 6.07) is 0.524. The van der Waals surface area contributed by atoms with E-state index < -0.39 is 0 Å². The molecule has 88 valence electrons. The molecule has 0 aromatic carbocycles. The Morgan fingerprint density at radius 2 is 2.33 bits per heavy atom. The van der Waals surface area contributed by atoms with Crippen molar-refractivity contribution in [3.05, 3.63) is 0 Å². The molecule has 0 radical (unpaired) electrons. The van der Waals surface area contributed by atoms with Crippen LogP contribution in [0.4, 0.5) is 0 Å². The van der Waals surface area contributed by atoms with Crippen LogP contribution in [0.15, 0.2) is 5.16 Å². The van der Waals surface area contributed by atoms with Gasteiger partial charge in [0.2, 0.25) is 0 Å². The highest BCUT2D eigenvalue weighted by atomic mass is 16.5. The number of ether oxygens (including phenoxy) is 1. The first kappa shape index (κ1) is 12.3. The summed E-state index contributed by atoms with van der Waals surface area (Å²) in [7, 11) is 0. The molecule has 0 bridgehead atoms. The van der Waals surface area contributed by atoms with E-state index in [9.17, 15) is 0 Å². The molecule has 5 nitrogen and oxygen atoms in total. The molecule has 1 saturated carbocycles. The van der Waals surface area contributed by atoms with Crippen LogP contribution in [0.1, 0.15) is 26.7 Å². The molecule has 1 unspecified atom stereocenters. The van der Waals surface area contributed by atoms with Crippen LogP contribution in [-0.4, -0.2) is 36.3 Å². The molecule has 1 fully saturated rings. The van der Waals surface area contributed by atoms with E-state index in [0.29, 0.717) is 12.1 Å². The van der Waals surface area contributed by atoms with Crippen LogP contribution in [0.25, 0.3) is 0 Å². The number of nitrogens with zero attached hydrogens (tertiary/aromatic N) is 1. The summed E-state index contributed by atoms with van der Waals surface area (Å²) < 4.78 is 5.46. The van der Waals surface area contributed by atoms with Crippen LogP contribution in [0.5, 0.6) is 0 Å². The van der Waals surface area contributed by atoms with Crippen molar-refractivity contribution >= 4 is 5.84 Å². The van der Waals surface area contributed by atoms with Crippen LogP contribution < -0.4 is 11.1 Å². The van der Waals surface area contributed by atoms with Crippen LogP contribution in [0, 0.1) is 5.92 Å². The molecule has 0 spiro atoms. The van der Waals surface area contributed by atoms with Gasteiger partial charge in [0.25, 0.3) is 0 Å². The third-order valence-corrected chi connectivity index (χ3v) is 2.83. The van der Waals surface area contributed by atoms with Gasteiger partial charge < -0.3 is 21.0 Å². The highest BCUT2D eigenvalue weighted by Gasteiger charge is 2.29. The number of amidine groups is 1. The fourth-order valence-electron chi connectivity index (χ4n) is 1.65. The minimum absolute atomic E-state index is 0.0705. The van der Waals surface area contributed by atoms with E-state index >= 15 is 0 Å². The van der Waals surface area contributed by atoms with Crippen molar-refractivity contribution in [1.82, 2.24) is 5.32 Å². The Morgan fingerprint density at radius 1 is 1.67 bits per heavy atom. The molecule has 0 aromatic rings. The largest absolute Gasteiger partial charge is 0.409 e. The minimum Gasteiger partial charge on any atom is -0.409 e. The second-order valence-corrected chi connectivity index (χ2v) is 4.08. The van der Waals surface area contributed by atoms with E-state index in [-0.39, 0.29) is 11.8 Å². The Balaban J connectivity index is 2.08. The van der Waals surface area contributed by atoms with Crippen LogP contribution >= 0.6 is 0 Å². The lowest BCUT2D eigenvalue weighted by Gasteiger charge is -2.36. The molecule has 1 aliphatic rings. The van der Waals surface area contributed by atoms with Crippen LogP contribution in [0.3, 0.4) is 0 Å². The number of hydrogen-bond donors (Lipinski definition) is 3. The topological polar surface area (TPSA) is 79.9 Å². The minimum atomic E-state index is 0.0705. The average Bonchev–Trinajstić information content (AvgIpc) is 2.19. The van der Waals surface area contributed by atoms with Crippen molar-refractivity contribution < 1.29 is 9.94 Å². The Hall–Kier alpha value is -0.810. The number of nitrogens with one attached hydrogen (secondary N) is 1. The Kier molecular flexibility index (Phi) is 4.84. The summed E-state index contributed by atoms with van der Waals surface area (Å²) in [5.74, 6) is 0.351. The first-order valence-electron chi connectivity index (χ1n) is 5.49. The van der Waals surface area contributed by atoms with Gasteiger partial charge in [0.1, 0.15) is 5.84 Å². The molecular weight excluding hydrogens is 194 g/mol. The molecule has 0 amide bonds. The molecule has 1 aliphatic carbocycles. The van der Waals surface area contributed by atoms with Gasteiger partial charge in [-0.2, -0.15) is 0 Å². The maximum Gasteiger partial charge on any atom is 0.143 e. The predicted octanol–water partition coefficient (Wildman–Crippen LogP) is 0.526. The van der Waals surface area contributed by atoms with Gasteiger partial charge in [-0.15, -0.1) is 0 Å². The SMILES string of the molecule is CCOC1CC(NCC(C)C(N)=NO)C1. The van der Waals surface area contributed by atoms with Crippen LogP contribution in [0.2, 0.25) is 0 Å². The molecule has 5 heteroatoms. The molecule has 1 rings (SSSR count). The molecular formula is C10H21N3O2. The van der Waals surface area contributed by atoms with E-state index in [1.807, 2.05) is 13.8 Å². The van der Waals surface area contributed by atoms with E-state index in [1.165, 1.54) is 0 Å². The smallest absolute Gasteiger partial charge is 0.143 e. The zero-order chi connectivity index (χ0) is 11.3. The maximum atomic E-state index is 8.47. The quantitative estimate of drug-likeness (QED) is 0.261. The van der Waals surface area contributed by atoms with Crippen molar-refractivity contribution in [1.29, 1.82) is 0 Å². The lowest BCUT2D eigenvalue weighted by Crippen LogP contribution is -2.47. The van der Waals surface area contributed by atoms with Gasteiger partial charge >= 0.3 is 0 Å². The fraction of sp³-hybridized carbons (Fsp3) is 0.900. The molecule has 15 heavy (non-hydrogen) atoms. The second kappa shape index (κ2) is 5.92. The Morgan fingerprint density at radius 3 is 2.87 bits per heavy atom. The van der Waals surface area contributed by atoms with E-state index in [0.717, 1.165) is 26.0 Å². The van der Waals surface area contributed by atoms with Crippen molar-refractivity contribution in [2.45, 2.75) is 38.8 Å². The van der Waals surface area contributed by atoms with Gasteiger partial charge in [0, 0.05) is 25.1 Å². The number of nitrogens with two attached hydrogens (primary N) is 1. The molecule has 0 saturated heterocycles. The third kappa shape index (κ3) is 3.68. The molecule has 0 heterocycles. The lowest BCUT2D eigenvalue weighted by molar-refractivity contribution is -0.0100. The summed E-state index contributed by atoms with van der Waals surface area (Å²) in [6.45, 7) is 5.49. The normalized spacial score (nSPS) is 28.5. The van der Waals surface area contributed by atoms with Crippen LogP contribution in [-0.2, 0) is 4.74 Å². The van der Waals surface area contributed by atoms with Crippen molar-refractivity contribution in [3.8, 4) is 0 Å². The van der Waals surface area contributed by atoms with Crippen molar-refractivity contribution in [3.63, 3.8) is 0 Å². The average molecular weight is 215 g/mol. The first-order valence-corrected chi connectivity index (χ1v) is 5.49. The van der Waals surface area contributed by atoms with E-state index in [4.69, 9.17) is 15.7 Å². The van der Waals surface area contributed by atoms with Crippen molar-refractivity contribution in [2.75, 3.05) is 13.2 Å². The zero-order valence-electron chi connectivity index (χ0n) is 9.44. The third-order valence-electron chi connectivity index (χ3n) is 2.83. The predicted molar refractivity (Wildman–Crippen MR) is 59.0 cm³/mol. The van der Waals surface area contributed by atoms with Gasteiger partial charge in [-0.1, -0.05) is 12.1 Å². The van der Waals surface area contributed by atoms with Gasteiger partial charge in [-0.05, 0) is 19.8 Å². The number of rotatable bonds is 6. The van der Waals surface area contributed by atoms with Crippen molar-refractivity contribution in [2.24, 2.45) is 16.8 Å². The van der Waals surface area contributed by atoms with Gasteiger partial charge in [-0.25, -0.2) is 0 Å².